The molecule has 0 N–H and O–H groups in total. The molecule has 1 fully saturated rings. The van der Waals surface area contributed by atoms with Gasteiger partial charge in [0.15, 0.2) is 0 Å². The highest BCUT2D eigenvalue weighted by Gasteiger charge is 2.37. The minimum absolute atomic E-state index is 0.0974. The largest absolute Gasteiger partial charge is 0.444 e. The van der Waals surface area contributed by atoms with Gasteiger partial charge in [-0.1, -0.05) is 12.2 Å². The van der Waals surface area contributed by atoms with Gasteiger partial charge in [0.2, 0.25) is 0 Å². The maximum atomic E-state index is 12.2. The average molecular weight is 317 g/mol. The highest BCUT2D eigenvalue weighted by molar-refractivity contribution is 6.14. The number of carbonyl (C=O) groups is 2. The standard InChI is InChI=1S/C17H23N3O3/c1-17(2,3)23-16(22)19-10-8-12(9-11-19)20-14-7-5-4-6-13(14)18-15(20)21/h4-5,7,12H,6,8-11H2,1-3H3. The molecule has 0 radical (unpaired) electrons. The van der Waals surface area contributed by atoms with Crippen LogP contribution in [0.5, 0.6) is 0 Å². The second-order valence-corrected chi connectivity index (χ2v) is 7.09. The summed E-state index contributed by atoms with van der Waals surface area (Å²) in [4.78, 5) is 32.0. The Morgan fingerprint density at radius 1 is 1.30 bits per heavy atom. The van der Waals surface area contributed by atoms with E-state index in [-0.39, 0.29) is 18.2 Å². The van der Waals surface area contributed by atoms with Crippen LogP contribution in [0.2, 0.25) is 0 Å². The number of hydrogen-bond acceptors (Lipinski definition) is 3. The minimum Gasteiger partial charge on any atom is -0.444 e. The zero-order valence-corrected chi connectivity index (χ0v) is 13.9. The molecule has 3 aliphatic rings. The Labute approximate surface area is 136 Å². The number of allylic oxidation sites excluding steroid dienone is 4. The van der Waals surface area contributed by atoms with E-state index in [1.807, 2.05) is 39.0 Å². The molecular formula is C17H23N3O3. The van der Waals surface area contributed by atoms with Crippen LogP contribution in [-0.4, -0.2) is 52.4 Å². The predicted octanol–water partition coefficient (Wildman–Crippen LogP) is 3.11. The normalized spacial score (nSPS) is 22.0. The number of amides is 3. The molecule has 3 amide bonds. The number of piperidine rings is 1. The first-order chi connectivity index (χ1) is 10.8. The molecule has 0 aromatic rings. The first kappa shape index (κ1) is 15.8. The van der Waals surface area contributed by atoms with E-state index in [1.165, 1.54) is 0 Å². The Morgan fingerprint density at radius 2 is 2.00 bits per heavy atom. The SMILES string of the molecule is CC(C)(C)OC(=O)N1CCC(N2C(=O)N=C3CC=CC=C32)CC1. The number of carbonyl (C=O) groups excluding carboxylic acids is 2. The van der Waals surface area contributed by atoms with Crippen molar-refractivity contribution < 1.29 is 14.3 Å². The van der Waals surface area contributed by atoms with Gasteiger partial charge in [0, 0.05) is 25.6 Å². The van der Waals surface area contributed by atoms with Crippen LogP contribution in [0.3, 0.4) is 0 Å². The lowest BCUT2D eigenvalue weighted by Gasteiger charge is -2.37. The first-order valence-corrected chi connectivity index (χ1v) is 8.11. The number of urea groups is 1. The Bertz CT molecular complexity index is 605. The third-order valence-corrected chi connectivity index (χ3v) is 4.17. The molecule has 0 spiro atoms. The van der Waals surface area contributed by atoms with Gasteiger partial charge in [-0.25, -0.2) is 9.59 Å². The van der Waals surface area contributed by atoms with Crippen molar-refractivity contribution in [1.82, 2.24) is 9.80 Å². The van der Waals surface area contributed by atoms with Crippen molar-refractivity contribution in [3.05, 3.63) is 23.9 Å². The molecule has 0 aromatic carbocycles. The van der Waals surface area contributed by atoms with Gasteiger partial charge in [-0.2, -0.15) is 4.99 Å². The lowest BCUT2D eigenvalue weighted by molar-refractivity contribution is 0.0178. The predicted molar refractivity (Wildman–Crippen MR) is 87.3 cm³/mol. The van der Waals surface area contributed by atoms with Crippen LogP contribution in [0.15, 0.2) is 28.9 Å². The fourth-order valence-corrected chi connectivity index (χ4v) is 3.12. The summed E-state index contributed by atoms with van der Waals surface area (Å²) in [5.74, 6) is 0. The van der Waals surface area contributed by atoms with E-state index in [0.717, 1.165) is 24.3 Å². The Morgan fingerprint density at radius 3 is 2.65 bits per heavy atom. The van der Waals surface area contributed by atoms with Gasteiger partial charge in [-0.3, -0.25) is 4.90 Å². The van der Waals surface area contributed by atoms with Crippen molar-refractivity contribution >= 4 is 17.8 Å². The van der Waals surface area contributed by atoms with Crippen LogP contribution < -0.4 is 0 Å². The quantitative estimate of drug-likeness (QED) is 0.746. The summed E-state index contributed by atoms with van der Waals surface area (Å²) in [6, 6.07) is -0.0779. The molecule has 124 valence electrons. The van der Waals surface area contributed by atoms with Crippen molar-refractivity contribution in [3.63, 3.8) is 0 Å². The zero-order valence-electron chi connectivity index (χ0n) is 13.9. The molecule has 0 saturated carbocycles. The third-order valence-electron chi connectivity index (χ3n) is 4.17. The average Bonchev–Trinajstić information content (AvgIpc) is 2.81. The van der Waals surface area contributed by atoms with Gasteiger partial charge in [-0.05, 0) is 39.7 Å². The van der Waals surface area contributed by atoms with Crippen LogP contribution in [0.1, 0.15) is 40.0 Å². The van der Waals surface area contributed by atoms with Crippen LogP contribution in [0.4, 0.5) is 9.59 Å². The molecule has 23 heavy (non-hydrogen) atoms. The minimum atomic E-state index is -0.485. The van der Waals surface area contributed by atoms with Gasteiger partial charge < -0.3 is 9.64 Å². The second kappa shape index (κ2) is 5.83. The first-order valence-electron chi connectivity index (χ1n) is 8.11. The molecular weight excluding hydrogens is 294 g/mol. The Balaban J connectivity index is 1.61. The van der Waals surface area contributed by atoms with E-state index >= 15 is 0 Å². The van der Waals surface area contributed by atoms with Crippen molar-refractivity contribution in [2.75, 3.05) is 13.1 Å². The third kappa shape index (κ3) is 3.30. The lowest BCUT2D eigenvalue weighted by Crippen LogP contribution is -2.48. The molecule has 1 aliphatic carbocycles. The van der Waals surface area contributed by atoms with Crippen LogP contribution in [0.25, 0.3) is 0 Å². The summed E-state index contributed by atoms with van der Waals surface area (Å²) in [7, 11) is 0. The molecule has 1 saturated heterocycles. The fraction of sp³-hybridized carbons (Fsp3) is 0.588. The van der Waals surface area contributed by atoms with Gasteiger partial charge in [0.05, 0.1) is 11.4 Å². The molecule has 0 bridgehead atoms. The summed E-state index contributed by atoms with van der Waals surface area (Å²) in [5, 5.41) is 0. The Hall–Kier alpha value is -2.11. The summed E-state index contributed by atoms with van der Waals surface area (Å²) in [5.41, 5.74) is 1.29. The maximum absolute atomic E-state index is 12.2. The highest BCUT2D eigenvalue weighted by Crippen LogP contribution is 2.29. The van der Waals surface area contributed by atoms with Crippen LogP contribution in [-0.2, 0) is 4.74 Å². The second-order valence-electron chi connectivity index (χ2n) is 7.09. The van der Waals surface area contributed by atoms with E-state index in [1.54, 1.807) is 9.80 Å². The number of hydrogen-bond donors (Lipinski definition) is 0. The summed E-state index contributed by atoms with van der Waals surface area (Å²) >= 11 is 0. The number of aliphatic imine (C=N–C) groups is 1. The van der Waals surface area contributed by atoms with Crippen LogP contribution >= 0.6 is 0 Å². The van der Waals surface area contributed by atoms with Crippen molar-refractivity contribution in [3.8, 4) is 0 Å². The van der Waals surface area contributed by atoms with E-state index in [9.17, 15) is 9.59 Å². The number of likely N-dealkylation sites (tertiary alicyclic amines) is 1. The summed E-state index contributed by atoms with van der Waals surface area (Å²) in [6.45, 7) is 6.79. The molecule has 0 aromatic heterocycles. The number of rotatable bonds is 1. The maximum Gasteiger partial charge on any atom is 0.410 e. The molecule has 0 unspecified atom stereocenters. The summed E-state index contributed by atoms with van der Waals surface area (Å²) < 4.78 is 5.41. The fourth-order valence-electron chi connectivity index (χ4n) is 3.12. The highest BCUT2D eigenvalue weighted by atomic mass is 16.6. The van der Waals surface area contributed by atoms with E-state index in [2.05, 4.69) is 4.99 Å². The van der Waals surface area contributed by atoms with Crippen LogP contribution in [0, 0.1) is 0 Å². The van der Waals surface area contributed by atoms with Gasteiger partial charge in [0.25, 0.3) is 0 Å². The van der Waals surface area contributed by atoms with E-state index in [0.29, 0.717) is 19.5 Å². The van der Waals surface area contributed by atoms with E-state index < -0.39 is 5.60 Å². The zero-order chi connectivity index (χ0) is 16.6. The smallest absolute Gasteiger partial charge is 0.410 e. The molecule has 6 heteroatoms. The monoisotopic (exact) mass is 317 g/mol. The molecule has 0 atom stereocenters. The molecule has 3 rings (SSSR count). The van der Waals surface area contributed by atoms with Crippen molar-refractivity contribution in [1.29, 1.82) is 0 Å². The topological polar surface area (TPSA) is 62.2 Å². The molecule has 2 aliphatic heterocycles. The lowest BCUT2D eigenvalue weighted by atomic mass is 10.0. The van der Waals surface area contributed by atoms with Gasteiger partial charge >= 0.3 is 12.1 Å². The van der Waals surface area contributed by atoms with Crippen molar-refractivity contribution in [2.24, 2.45) is 4.99 Å². The Kier molecular flexibility index (Phi) is 4.00. The molecule has 2 heterocycles. The number of fused-ring (bicyclic) bond motifs is 1. The summed E-state index contributed by atoms with van der Waals surface area (Å²) in [6.07, 6.45) is 7.85. The van der Waals surface area contributed by atoms with E-state index in [4.69, 9.17) is 4.74 Å². The molecule has 6 nitrogen and oxygen atoms in total. The number of ether oxygens (including phenoxy) is 1. The van der Waals surface area contributed by atoms with Crippen molar-refractivity contribution in [2.45, 2.75) is 51.7 Å². The van der Waals surface area contributed by atoms with Gasteiger partial charge in [-0.15, -0.1) is 0 Å². The number of nitrogens with zero attached hydrogens (tertiary/aromatic N) is 3. The van der Waals surface area contributed by atoms with Gasteiger partial charge in [0.1, 0.15) is 5.60 Å².